The minimum atomic E-state index is -4.59. The number of rotatable bonds is 7. The van der Waals surface area contributed by atoms with Gasteiger partial charge < -0.3 is 10.1 Å². The molecular weight excluding hydrogens is 467 g/mol. The van der Waals surface area contributed by atoms with E-state index in [1.54, 1.807) is 6.92 Å². The summed E-state index contributed by atoms with van der Waals surface area (Å²) in [5, 5.41) is 6.50. The zero-order chi connectivity index (χ0) is 25.8. The number of ketones is 1. The lowest BCUT2D eigenvalue weighted by Crippen LogP contribution is -2.25. The zero-order valence-electron chi connectivity index (χ0n) is 18.7. The lowest BCUT2D eigenvalue weighted by atomic mass is 10.1. The summed E-state index contributed by atoms with van der Waals surface area (Å²) < 4.78 is 45.1. The molecule has 8 nitrogen and oxygen atoms in total. The van der Waals surface area contributed by atoms with Crippen molar-refractivity contribution in [2.75, 3.05) is 11.9 Å². The van der Waals surface area contributed by atoms with E-state index in [9.17, 15) is 32.3 Å². The molecule has 1 amide bonds. The van der Waals surface area contributed by atoms with Crippen molar-refractivity contribution < 1.29 is 32.3 Å². The largest absolute Gasteiger partial charge is 0.452 e. The highest BCUT2D eigenvalue weighted by Crippen LogP contribution is 2.30. The molecule has 0 fully saturated rings. The molecule has 0 saturated heterocycles. The second kappa shape index (κ2) is 10.3. The molecule has 3 rings (SSSR count). The van der Waals surface area contributed by atoms with Gasteiger partial charge in [-0.1, -0.05) is 13.0 Å². The van der Waals surface area contributed by atoms with Gasteiger partial charge in [-0.05, 0) is 49.4 Å². The summed E-state index contributed by atoms with van der Waals surface area (Å²) >= 11 is 0. The molecule has 1 heterocycles. The minimum absolute atomic E-state index is 0.0160. The number of nitrogens with one attached hydrogen (secondary N) is 1. The van der Waals surface area contributed by atoms with Crippen molar-refractivity contribution in [1.82, 2.24) is 9.78 Å². The summed E-state index contributed by atoms with van der Waals surface area (Å²) in [7, 11) is 0. The SMILES string of the molecule is CCC(=O)Nc1ccc(C(=O)COC(=O)c2nn(-c3cccc(C(F)(F)F)c3)c(C)cc2=O)cc1. The van der Waals surface area contributed by atoms with Crippen molar-refractivity contribution in [3.05, 3.63) is 87.3 Å². The van der Waals surface area contributed by atoms with E-state index < -0.39 is 41.2 Å². The predicted octanol–water partition coefficient (Wildman–Crippen LogP) is 3.95. The van der Waals surface area contributed by atoms with Gasteiger partial charge in [0.1, 0.15) is 0 Å². The Morgan fingerprint density at radius 3 is 2.37 bits per heavy atom. The van der Waals surface area contributed by atoms with Gasteiger partial charge >= 0.3 is 12.1 Å². The Hall–Kier alpha value is -4.28. The van der Waals surface area contributed by atoms with Crippen molar-refractivity contribution in [2.45, 2.75) is 26.4 Å². The van der Waals surface area contributed by atoms with Crippen molar-refractivity contribution in [1.29, 1.82) is 0 Å². The van der Waals surface area contributed by atoms with E-state index in [0.717, 1.165) is 22.9 Å². The molecule has 0 aliphatic rings. The molecule has 0 aliphatic carbocycles. The van der Waals surface area contributed by atoms with Gasteiger partial charge in [-0.3, -0.25) is 14.4 Å². The number of anilines is 1. The second-order valence-corrected chi connectivity index (χ2v) is 7.44. The van der Waals surface area contributed by atoms with Crippen molar-refractivity contribution in [2.24, 2.45) is 0 Å². The Kier molecular flexibility index (Phi) is 7.48. The fourth-order valence-electron chi connectivity index (χ4n) is 3.04. The minimum Gasteiger partial charge on any atom is -0.452 e. The molecule has 0 bridgehead atoms. The van der Waals surface area contributed by atoms with Crippen LogP contribution in [-0.2, 0) is 15.7 Å². The first-order valence-electron chi connectivity index (χ1n) is 10.4. The molecule has 0 unspecified atom stereocenters. The number of aromatic nitrogens is 2. The quantitative estimate of drug-likeness (QED) is 0.400. The number of aryl methyl sites for hydroxylation is 1. The van der Waals surface area contributed by atoms with Crippen LogP contribution in [0.25, 0.3) is 5.69 Å². The van der Waals surface area contributed by atoms with E-state index >= 15 is 0 Å². The van der Waals surface area contributed by atoms with Crippen LogP contribution in [0.15, 0.2) is 59.4 Å². The summed E-state index contributed by atoms with van der Waals surface area (Å²) in [5.74, 6) is -1.97. The summed E-state index contributed by atoms with van der Waals surface area (Å²) in [4.78, 5) is 48.5. The molecule has 0 atom stereocenters. The van der Waals surface area contributed by atoms with E-state index in [1.165, 1.54) is 43.3 Å². The summed E-state index contributed by atoms with van der Waals surface area (Å²) in [6.45, 7) is 2.44. The second-order valence-electron chi connectivity index (χ2n) is 7.44. The Morgan fingerprint density at radius 1 is 1.06 bits per heavy atom. The fourth-order valence-corrected chi connectivity index (χ4v) is 3.04. The Morgan fingerprint density at radius 2 is 1.74 bits per heavy atom. The van der Waals surface area contributed by atoms with Gasteiger partial charge in [-0.2, -0.15) is 18.3 Å². The normalized spacial score (nSPS) is 11.1. The number of halogens is 3. The van der Waals surface area contributed by atoms with Gasteiger partial charge in [0, 0.05) is 29.4 Å². The zero-order valence-corrected chi connectivity index (χ0v) is 18.7. The van der Waals surface area contributed by atoms with E-state index in [-0.39, 0.29) is 22.9 Å². The molecular formula is C24H20F3N3O5. The number of esters is 1. The van der Waals surface area contributed by atoms with E-state index in [0.29, 0.717) is 12.1 Å². The highest BCUT2D eigenvalue weighted by molar-refractivity contribution is 5.99. The van der Waals surface area contributed by atoms with Gasteiger partial charge in [-0.15, -0.1) is 0 Å². The molecule has 35 heavy (non-hydrogen) atoms. The van der Waals surface area contributed by atoms with Crippen LogP contribution < -0.4 is 10.7 Å². The number of alkyl halides is 3. The molecule has 182 valence electrons. The maximum absolute atomic E-state index is 13.1. The Labute approximate surface area is 197 Å². The summed E-state index contributed by atoms with van der Waals surface area (Å²) in [6.07, 6.45) is -4.30. The van der Waals surface area contributed by atoms with Crippen LogP contribution >= 0.6 is 0 Å². The number of ether oxygens (including phenoxy) is 1. The van der Waals surface area contributed by atoms with Crippen LogP contribution in [0.3, 0.4) is 0 Å². The van der Waals surface area contributed by atoms with Crippen LogP contribution in [0.2, 0.25) is 0 Å². The van der Waals surface area contributed by atoms with Gasteiger partial charge in [-0.25, -0.2) is 9.48 Å². The van der Waals surface area contributed by atoms with Crippen LogP contribution in [0.5, 0.6) is 0 Å². The number of hydrogen-bond donors (Lipinski definition) is 1. The monoisotopic (exact) mass is 487 g/mol. The van der Waals surface area contributed by atoms with E-state index in [1.807, 2.05) is 0 Å². The van der Waals surface area contributed by atoms with Gasteiger partial charge in [0.25, 0.3) is 0 Å². The van der Waals surface area contributed by atoms with E-state index in [2.05, 4.69) is 10.4 Å². The Bertz CT molecular complexity index is 1330. The molecule has 11 heteroatoms. The topological polar surface area (TPSA) is 107 Å². The van der Waals surface area contributed by atoms with Gasteiger partial charge in [0.15, 0.2) is 12.4 Å². The van der Waals surface area contributed by atoms with Crippen molar-refractivity contribution in [3.63, 3.8) is 0 Å². The maximum atomic E-state index is 13.1. The number of hydrogen-bond acceptors (Lipinski definition) is 6. The maximum Gasteiger partial charge on any atom is 0.416 e. The van der Waals surface area contributed by atoms with Crippen LogP contribution in [0, 0.1) is 6.92 Å². The number of carbonyl (C=O) groups excluding carboxylic acids is 3. The number of benzene rings is 2. The highest BCUT2D eigenvalue weighted by Gasteiger charge is 2.30. The highest BCUT2D eigenvalue weighted by atomic mass is 19.4. The molecule has 1 N–H and O–H groups in total. The van der Waals surface area contributed by atoms with Crippen molar-refractivity contribution in [3.8, 4) is 5.69 Å². The van der Waals surface area contributed by atoms with Gasteiger partial charge in [0.05, 0.1) is 11.3 Å². The molecule has 3 aromatic rings. The lowest BCUT2D eigenvalue weighted by molar-refractivity contribution is -0.137. The average molecular weight is 487 g/mol. The lowest BCUT2D eigenvalue weighted by Gasteiger charge is -2.13. The first-order valence-corrected chi connectivity index (χ1v) is 10.4. The van der Waals surface area contributed by atoms with Gasteiger partial charge in [0.2, 0.25) is 17.0 Å². The Balaban J connectivity index is 1.76. The molecule has 1 aromatic heterocycles. The molecule has 0 radical (unpaired) electrons. The van der Waals surface area contributed by atoms with Crippen LogP contribution in [0.4, 0.5) is 18.9 Å². The third kappa shape index (κ3) is 6.19. The van der Waals surface area contributed by atoms with E-state index in [4.69, 9.17) is 4.74 Å². The predicted molar refractivity (Wildman–Crippen MR) is 120 cm³/mol. The average Bonchev–Trinajstić information content (AvgIpc) is 2.82. The smallest absolute Gasteiger partial charge is 0.416 e. The first kappa shape index (κ1) is 25.3. The molecule has 2 aromatic carbocycles. The number of nitrogens with zero attached hydrogens (tertiary/aromatic N) is 2. The number of Topliss-reactive ketones (excluding diaryl/α,β-unsaturated/α-hetero) is 1. The molecule has 0 aliphatic heterocycles. The first-order chi connectivity index (χ1) is 16.5. The standard InChI is InChI=1S/C24H20F3N3O5/c1-3-21(33)28-17-9-7-15(8-10-17)20(32)13-35-23(34)22-19(31)11-14(2)30(29-22)18-6-4-5-16(12-18)24(25,26)27/h4-12H,3,13H2,1-2H3,(H,28,33). The third-order valence-corrected chi connectivity index (χ3v) is 4.86. The van der Waals surface area contributed by atoms with Crippen LogP contribution in [0.1, 0.15) is 45.4 Å². The number of amides is 1. The summed E-state index contributed by atoms with van der Waals surface area (Å²) in [6, 6.07) is 11.2. The molecule has 0 saturated carbocycles. The molecule has 0 spiro atoms. The fraction of sp³-hybridized carbons (Fsp3) is 0.208. The third-order valence-electron chi connectivity index (χ3n) is 4.86. The summed E-state index contributed by atoms with van der Waals surface area (Å²) in [5.41, 5.74) is -1.55. The van der Waals surface area contributed by atoms with Crippen LogP contribution in [-0.4, -0.2) is 34.0 Å². The van der Waals surface area contributed by atoms with Crippen molar-refractivity contribution >= 4 is 23.3 Å². The number of carbonyl (C=O) groups is 3.